The number of hydrogen-bond acceptors (Lipinski definition) is 5. The van der Waals surface area contributed by atoms with Crippen molar-refractivity contribution in [1.82, 2.24) is 4.90 Å². The second kappa shape index (κ2) is 9.79. The molecule has 22 heavy (non-hydrogen) atoms. The maximum Gasteiger partial charge on any atom is 0.123 e. The third kappa shape index (κ3) is 6.32. The highest BCUT2D eigenvalue weighted by Crippen LogP contribution is 2.27. The number of nitrogens with zero attached hydrogens (tertiary/aromatic N) is 1. The maximum atomic E-state index is 10.1. The van der Waals surface area contributed by atoms with Gasteiger partial charge in [-0.15, -0.1) is 0 Å². The summed E-state index contributed by atoms with van der Waals surface area (Å²) in [5.74, 6) is 1.16. The number of rotatable bonds is 10. The van der Waals surface area contributed by atoms with E-state index in [4.69, 9.17) is 14.9 Å². The highest BCUT2D eigenvalue weighted by Gasteiger charge is 2.14. The van der Waals surface area contributed by atoms with Crippen molar-refractivity contribution in [3.63, 3.8) is 0 Å². The van der Waals surface area contributed by atoms with E-state index >= 15 is 0 Å². The lowest BCUT2D eigenvalue weighted by molar-refractivity contribution is 0.0549. The van der Waals surface area contributed by atoms with Crippen LogP contribution in [0.2, 0.25) is 0 Å². The molecule has 0 amide bonds. The lowest BCUT2D eigenvalue weighted by Crippen LogP contribution is -2.38. The van der Waals surface area contributed by atoms with Crippen LogP contribution in [0.1, 0.15) is 30.9 Å². The number of aliphatic hydroxyl groups excluding tert-OH is 3. The van der Waals surface area contributed by atoms with E-state index in [9.17, 15) is 5.11 Å². The summed E-state index contributed by atoms with van der Waals surface area (Å²) in [7, 11) is 0. The molecule has 5 heteroatoms. The number of aliphatic hydroxyl groups is 3. The van der Waals surface area contributed by atoms with Gasteiger partial charge in [-0.2, -0.15) is 0 Å². The Morgan fingerprint density at radius 1 is 1.14 bits per heavy atom. The molecule has 0 aliphatic carbocycles. The zero-order chi connectivity index (χ0) is 16.5. The van der Waals surface area contributed by atoms with Crippen LogP contribution in [0.3, 0.4) is 0 Å². The van der Waals surface area contributed by atoms with E-state index in [2.05, 4.69) is 26.0 Å². The molecule has 0 unspecified atom stereocenters. The summed E-state index contributed by atoms with van der Waals surface area (Å²) in [6, 6.07) is 6.11. The summed E-state index contributed by atoms with van der Waals surface area (Å²) < 4.78 is 5.80. The van der Waals surface area contributed by atoms with Crippen molar-refractivity contribution < 1.29 is 20.1 Å². The predicted molar refractivity (Wildman–Crippen MR) is 87.4 cm³/mol. The van der Waals surface area contributed by atoms with Crippen LogP contribution >= 0.6 is 0 Å². The number of ether oxygens (including phenoxy) is 1. The molecular formula is C17H29NO4. The Hall–Kier alpha value is -1.14. The Morgan fingerprint density at radius 2 is 1.77 bits per heavy atom. The van der Waals surface area contributed by atoms with Crippen molar-refractivity contribution in [3.05, 3.63) is 29.3 Å². The molecule has 0 aliphatic heterocycles. The average molecular weight is 311 g/mol. The van der Waals surface area contributed by atoms with Gasteiger partial charge in [0.2, 0.25) is 0 Å². The van der Waals surface area contributed by atoms with Gasteiger partial charge < -0.3 is 20.1 Å². The molecular weight excluding hydrogens is 282 g/mol. The van der Waals surface area contributed by atoms with Crippen LogP contribution in [-0.2, 0) is 0 Å². The molecule has 0 saturated carbocycles. The molecule has 0 radical (unpaired) electrons. The van der Waals surface area contributed by atoms with Gasteiger partial charge in [0, 0.05) is 19.6 Å². The summed E-state index contributed by atoms with van der Waals surface area (Å²) in [4.78, 5) is 1.81. The maximum absolute atomic E-state index is 10.1. The minimum absolute atomic E-state index is 0.00293. The smallest absolute Gasteiger partial charge is 0.123 e. The molecule has 1 aromatic rings. The van der Waals surface area contributed by atoms with E-state index in [0.717, 1.165) is 16.9 Å². The highest BCUT2D eigenvalue weighted by molar-refractivity contribution is 5.39. The first-order chi connectivity index (χ1) is 10.5. The fourth-order valence-electron chi connectivity index (χ4n) is 2.36. The fraction of sp³-hybridized carbons (Fsp3) is 0.647. The molecule has 5 nitrogen and oxygen atoms in total. The largest absolute Gasteiger partial charge is 0.491 e. The number of benzene rings is 1. The molecule has 1 atom stereocenters. The summed E-state index contributed by atoms with van der Waals surface area (Å²) in [6.45, 7) is 7.65. The third-order valence-electron chi connectivity index (χ3n) is 3.52. The van der Waals surface area contributed by atoms with Crippen molar-refractivity contribution in [3.8, 4) is 5.75 Å². The zero-order valence-corrected chi connectivity index (χ0v) is 13.8. The first kappa shape index (κ1) is 18.9. The molecule has 0 spiro atoms. The van der Waals surface area contributed by atoms with E-state index in [1.165, 1.54) is 0 Å². The van der Waals surface area contributed by atoms with E-state index in [1.807, 2.05) is 17.9 Å². The van der Waals surface area contributed by atoms with Gasteiger partial charge in [-0.3, -0.25) is 4.90 Å². The zero-order valence-electron chi connectivity index (χ0n) is 13.8. The molecule has 0 aromatic heterocycles. The van der Waals surface area contributed by atoms with E-state index in [-0.39, 0.29) is 19.8 Å². The van der Waals surface area contributed by atoms with Crippen molar-refractivity contribution >= 4 is 0 Å². The molecule has 1 aromatic carbocycles. The van der Waals surface area contributed by atoms with Crippen molar-refractivity contribution in [2.24, 2.45) is 0 Å². The topological polar surface area (TPSA) is 73.2 Å². The molecule has 0 saturated heterocycles. The molecule has 0 aliphatic rings. The van der Waals surface area contributed by atoms with Crippen LogP contribution in [-0.4, -0.2) is 65.8 Å². The minimum Gasteiger partial charge on any atom is -0.491 e. The monoisotopic (exact) mass is 311 g/mol. The van der Waals surface area contributed by atoms with Gasteiger partial charge in [0.1, 0.15) is 18.5 Å². The lowest BCUT2D eigenvalue weighted by Gasteiger charge is -2.24. The highest BCUT2D eigenvalue weighted by atomic mass is 16.5. The summed E-state index contributed by atoms with van der Waals surface area (Å²) in [5, 5.41) is 28.1. The average Bonchev–Trinajstić information content (AvgIpc) is 2.45. The van der Waals surface area contributed by atoms with Crippen LogP contribution in [0.5, 0.6) is 5.75 Å². The van der Waals surface area contributed by atoms with Gasteiger partial charge in [0.25, 0.3) is 0 Å². The number of hydrogen-bond donors (Lipinski definition) is 3. The van der Waals surface area contributed by atoms with E-state index in [1.54, 1.807) is 0 Å². The second-order valence-corrected chi connectivity index (χ2v) is 5.91. The normalized spacial score (nSPS) is 12.9. The fourth-order valence-corrected chi connectivity index (χ4v) is 2.36. The van der Waals surface area contributed by atoms with Gasteiger partial charge in [0.05, 0.1) is 13.2 Å². The number of aryl methyl sites for hydroxylation is 1. The SMILES string of the molecule is Cc1ccc(C(C)C)c(OC[C@@H](O)CN(CCO)CCO)c1. The molecule has 126 valence electrons. The van der Waals surface area contributed by atoms with Crippen LogP contribution in [0.15, 0.2) is 18.2 Å². The predicted octanol–water partition coefficient (Wildman–Crippen LogP) is 1.14. The lowest BCUT2D eigenvalue weighted by atomic mass is 10.0. The van der Waals surface area contributed by atoms with E-state index in [0.29, 0.717) is 25.6 Å². The van der Waals surface area contributed by atoms with Crippen molar-refractivity contribution in [1.29, 1.82) is 0 Å². The van der Waals surface area contributed by atoms with Crippen molar-refractivity contribution in [2.75, 3.05) is 39.5 Å². The minimum atomic E-state index is -0.668. The Bertz CT molecular complexity index is 431. The molecule has 0 heterocycles. The van der Waals surface area contributed by atoms with Gasteiger partial charge in [0.15, 0.2) is 0 Å². The first-order valence-corrected chi connectivity index (χ1v) is 7.83. The second-order valence-electron chi connectivity index (χ2n) is 5.91. The summed E-state index contributed by atoms with van der Waals surface area (Å²) >= 11 is 0. The Labute approximate surface area is 133 Å². The van der Waals surface area contributed by atoms with Crippen LogP contribution in [0, 0.1) is 6.92 Å². The molecule has 1 rings (SSSR count). The standard InChI is InChI=1S/C17H29NO4/c1-13(2)16-5-4-14(3)10-17(16)22-12-15(21)11-18(6-8-19)7-9-20/h4-5,10,13,15,19-21H,6-9,11-12H2,1-3H3/t15-/m0/s1. The summed E-state index contributed by atoms with van der Waals surface area (Å²) in [5.41, 5.74) is 2.25. The van der Waals surface area contributed by atoms with Crippen LogP contribution in [0.25, 0.3) is 0 Å². The molecule has 3 N–H and O–H groups in total. The first-order valence-electron chi connectivity index (χ1n) is 7.83. The van der Waals surface area contributed by atoms with Gasteiger partial charge in [-0.05, 0) is 30.0 Å². The van der Waals surface area contributed by atoms with Crippen LogP contribution < -0.4 is 4.74 Å². The van der Waals surface area contributed by atoms with Crippen molar-refractivity contribution in [2.45, 2.75) is 32.8 Å². The van der Waals surface area contributed by atoms with Crippen LogP contribution in [0.4, 0.5) is 0 Å². The molecule has 0 bridgehead atoms. The van der Waals surface area contributed by atoms with E-state index < -0.39 is 6.10 Å². The quantitative estimate of drug-likeness (QED) is 0.604. The van der Waals surface area contributed by atoms with Gasteiger partial charge >= 0.3 is 0 Å². The third-order valence-corrected chi connectivity index (χ3v) is 3.52. The Morgan fingerprint density at radius 3 is 2.32 bits per heavy atom. The Balaban J connectivity index is 2.59. The summed E-state index contributed by atoms with van der Waals surface area (Å²) in [6.07, 6.45) is -0.668. The Kier molecular flexibility index (Phi) is 8.42. The van der Waals surface area contributed by atoms with Gasteiger partial charge in [-0.25, -0.2) is 0 Å². The molecule has 0 fully saturated rings. The van der Waals surface area contributed by atoms with Gasteiger partial charge in [-0.1, -0.05) is 26.0 Å².